The van der Waals surface area contributed by atoms with Crippen LogP contribution in [0.4, 0.5) is 0 Å². The van der Waals surface area contributed by atoms with E-state index in [1.165, 1.54) is 0 Å². The van der Waals surface area contributed by atoms with Gasteiger partial charge in [-0.15, -0.1) is 0 Å². The Hall–Kier alpha value is -1.10. The monoisotopic (exact) mass is 313 g/mol. The molecule has 0 aromatic rings. The first-order valence-electron chi connectivity index (χ1n) is 8.47. The highest BCUT2D eigenvalue weighted by atomic mass is 16.2. The fourth-order valence-corrected chi connectivity index (χ4v) is 2.20. The SMILES string of the molecule is CC(C)CCNC(=O)[C@H](CC(C)C)NC(=O)[C@@H](N)CC(C)C. The Labute approximate surface area is 135 Å². The van der Waals surface area contributed by atoms with Crippen molar-refractivity contribution in [3.63, 3.8) is 0 Å². The van der Waals surface area contributed by atoms with Gasteiger partial charge in [0.05, 0.1) is 6.04 Å². The van der Waals surface area contributed by atoms with Gasteiger partial charge in [-0.2, -0.15) is 0 Å². The zero-order valence-corrected chi connectivity index (χ0v) is 15.1. The van der Waals surface area contributed by atoms with Gasteiger partial charge < -0.3 is 16.4 Å². The Kier molecular flexibility index (Phi) is 10.1. The first-order valence-corrected chi connectivity index (χ1v) is 8.47. The van der Waals surface area contributed by atoms with Crippen molar-refractivity contribution in [2.24, 2.45) is 23.5 Å². The summed E-state index contributed by atoms with van der Waals surface area (Å²) in [4.78, 5) is 24.4. The zero-order chi connectivity index (χ0) is 17.3. The van der Waals surface area contributed by atoms with E-state index in [1.807, 2.05) is 27.7 Å². The van der Waals surface area contributed by atoms with Gasteiger partial charge in [-0.05, 0) is 37.0 Å². The molecule has 0 radical (unpaired) electrons. The van der Waals surface area contributed by atoms with Crippen LogP contribution >= 0.6 is 0 Å². The molecule has 0 unspecified atom stereocenters. The molecule has 0 bridgehead atoms. The van der Waals surface area contributed by atoms with Gasteiger partial charge in [-0.25, -0.2) is 0 Å². The highest BCUT2D eigenvalue weighted by molar-refractivity contribution is 5.89. The molecule has 0 aliphatic heterocycles. The number of hydrogen-bond donors (Lipinski definition) is 3. The maximum atomic E-state index is 12.3. The fourth-order valence-electron chi connectivity index (χ4n) is 2.20. The molecule has 5 heteroatoms. The lowest BCUT2D eigenvalue weighted by atomic mass is 10.0. The molecular weight excluding hydrogens is 278 g/mol. The molecule has 0 rings (SSSR count). The Balaban J connectivity index is 4.55. The van der Waals surface area contributed by atoms with Gasteiger partial charge in [0.1, 0.15) is 6.04 Å². The molecule has 4 N–H and O–H groups in total. The van der Waals surface area contributed by atoms with Crippen LogP contribution in [0.5, 0.6) is 0 Å². The van der Waals surface area contributed by atoms with Crippen LogP contribution in [0, 0.1) is 17.8 Å². The average Bonchev–Trinajstić information content (AvgIpc) is 2.35. The molecular formula is C17H35N3O2. The predicted octanol–water partition coefficient (Wildman–Crippen LogP) is 2.05. The van der Waals surface area contributed by atoms with Gasteiger partial charge >= 0.3 is 0 Å². The first kappa shape index (κ1) is 20.9. The predicted molar refractivity (Wildman–Crippen MR) is 91.3 cm³/mol. The van der Waals surface area contributed by atoms with Crippen molar-refractivity contribution in [3.8, 4) is 0 Å². The number of nitrogens with one attached hydrogen (secondary N) is 2. The van der Waals surface area contributed by atoms with Crippen molar-refractivity contribution in [2.45, 2.75) is 72.9 Å². The van der Waals surface area contributed by atoms with Gasteiger partial charge in [-0.3, -0.25) is 9.59 Å². The molecule has 0 saturated carbocycles. The molecule has 22 heavy (non-hydrogen) atoms. The van der Waals surface area contributed by atoms with E-state index in [1.54, 1.807) is 0 Å². The Bertz CT molecular complexity index is 341. The van der Waals surface area contributed by atoms with Gasteiger partial charge in [0.15, 0.2) is 0 Å². The van der Waals surface area contributed by atoms with E-state index in [0.29, 0.717) is 37.1 Å². The van der Waals surface area contributed by atoms with Crippen molar-refractivity contribution in [1.29, 1.82) is 0 Å². The van der Waals surface area contributed by atoms with E-state index in [9.17, 15) is 9.59 Å². The molecule has 130 valence electrons. The summed E-state index contributed by atoms with van der Waals surface area (Å²) in [5.74, 6) is 0.863. The summed E-state index contributed by atoms with van der Waals surface area (Å²) in [5.41, 5.74) is 5.89. The molecule has 0 saturated heterocycles. The maximum absolute atomic E-state index is 12.3. The van der Waals surface area contributed by atoms with Crippen LogP contribution < -0.4 is 16.4 Å². The van der Waals surface area contributed by atoms with Crippen molar-refractivity contribution in [3.05, 3.63) is 0 Å². The van der Waals surface area contributed by atoms with Gasteiger partial charge in [-0.1, -0.05) is 41.5 Å². The summed E-state index contributed by atoms with van der Waals surface area (Å²) in [5, 5.41) is 5.73. The molecule has 2 atom stereocenters. The van der Waals surface area contributed by atoms with E-state index < -0.39 is 12.1 Å². The minimum atomic E-state index is -0.557. The fraction of sp³-hybridized carbons (Fsp3) is 0.882. The summed E-state index contributed by atoms with van der Waals surface area (Å²) >= 11 is 0. The number of carbonyl (C=O) groups is 2. The molecule has 0 aromatic heterocycles. The lowest BCUT2D eigenvalue weighted by molar-refractivity contribution is -0.130. The Morgan fingerprint density at radius 2 is 1.41 bits per heavy atom. The third kappa shape index (κ3) is 9.77. The number of carbonyl (C=O) groups excluding carboxylic acids is 2. The summed E-state index contributed by atoms with van der Waals surface area (Å²) in [7, 11) is 0. The lowest BCUT2D eigenvalue weighted by Crippen LogP contribution is -2.52. The van der Waals surface area contributed by atoms with Gasteiger partial charge in [0.25, 0.3) is 0 Å². The second-order valence-electron chi connectivity index (χ2n) is 7.40. The maximum Gasteiger partial charge on any atom is 0.242 e. The minimum absolute atomic E-state index is 0.112. The van der Waals surface area contributed by atoms with Crippen molar-refractivity contribution >= 4 is 11.8 Å². The van der Waals surface area contributed by atoms with Crippen molar-refractivity contribution in [1.82, 2.24) is 10.6 Å². The second kappa shape index (κ2) is 10.6. The van der Waals surface area contributed by atoms with Crippen LogP contribution in [-0.2, 0) is 9.59 Å². The largest absolute Gasteiger partial charge is 0.354 e. The number of rotatable bonds is 10. The van der Waals surface area contributed by atoms with Crippen LogP contribution in [0.15, 0.2) is 0 Å². The Morgan fingerprint density at radius 1 is 0.864 bits per heavy atom. The second-order valence-corrected chi connectivity index (χ2v) is 7.40. The van der Waals surface area contributed by atoms with Crippen LogP contribution in [0.1, 0.15) is 60.8 Å². The van der Waals surface area contributed by atoms with E-state index >= 15 is 0 Å². The first-order chi connectivity index (χ1) is 10.1. The smallest absolute Gasteiger partial charge is 0.242 e. The number of amides is 2. The third-order valence-corrected chi connectivity index (χ3v) is 3.42. The van der Waals surface area contributed by atoms with E-state index in [2.05, 4.69) is 24.5 Å². The summed E-state index contributed by atoms with van der Waals surface area (Å²) in [6.45, 7) is 13.0. The van der Waals surface area contributed by atoms with Gasteiger partial charge in [0.2, 0.25) is 11.8 Å². The molecule has 0 heterocycles. The topological polar surface area (TPSA) is 84.2 Å². The summed E-state index contributed by atoms with van der Waals surface area (Å²) < 4.78 is 0. The van der Waals surface area contributed by atoms with Crippen molar-refractivity contribution < 1.29 is 9.59 Å². The quantitative estimate of drug-likeness (QED) is 0.577. The number of hydrogen-bond acceptors (Lipinski definition) is 3. The summed E-state index contributed by atoms with van der Waals surface area (Å²) in [6.07, 6.45) is 2.17. The minimum Gasteiger partial charge on any atom is -0.354 e. The van der Waals surface area contributed by atoms with E-state index in [0.717, 1.165) is 6.42 Å². The molecule has 0 aliphatic rings. The highest BCUT2D eigenvalue weighted by Gasteiger charge is 2.24. The van der Waals surface area contributed by atoms with E-state index in [4.69, 9.17) is 5.73 Å². The molecule has 2 amide bonds. The molecule has 0 spiro atoms. The normalized spacial score (nSPS) is 14.3. The standard InChI is InChI=1S/C17H35N3O2/c1-11(2)7-8-19-17(22)15(10-13(5)6)20-16(21)14(18)9-12(3)4/h11-15H,7-10,18H2,1-6H3,(H,19,22)(H,20,21)/t14-,15-/m0/s1. The van der Waals surface area contributed by atoms with E-state index in [-0.39, 0.29) is 11.8 Å². The number of nitrogens with two attached hydrogens (primary N) is 1. The van der Waals surface area contributed by atoms with Crippen LogP contribution in [0.3, 0.4) is 0 Å². The van der Waals surface area contributed by atoms with Crippen LogP contribution in [0.2, 0.25) is 0 Å². The molecule has 0 aromatic carbocycles. The highest BCUT2D eigenvalue weighted by Crippen LogP contribution is 2.08. The van der Waals surface area contributed by atoms with Gasteiger partial charge in [0, 0.05) is 6.54 Å². The molecule has 0 aliphatic carbocycles. The van der Waals surface area contributed by atoms with Crippen LogP contribution in [-0.4, -0.2) is 30.4 Å². The van der Waals surface area contributed by atoms with Crippen molar-refractivity contribution in [2.75, 3.05) is 6.54 Å². The Morgan fingerprint density at radius 3 is 1.86 bits per heavy atom. The molecule has 5 nitrogen and oxygen atoms in total. The van der Waals surface area contributed by atoms with Crippen LogP contribution in [0.25, 0.3) is 0 Å². The lowest BCUT2D eigenvalue weighted by Gasteiger charge is -2.23. The summed E-state index contributed by atoms with van der Waals surface area (Å²) in [6, 6.07) is -1.06. The molecule has 0 fully saturated rings. The average molecular weight is 313 g/mol. The third-order valence-electron chi connectivity index (χ3n) is 3.42. The zero-order valence-electron chi connectivity index (χ0n) is 15.1.